The second-order valence-corrected chi connectivity index (χ2v) is 32.0. The third-order valence-corrected chi connectivity index (χ3v) is 24.1. The zero-order chi connectivity index (χ0) is 65.5. The van der Waals surface area contributed by atoms with Gasteiger partial charge < -0.3 is 9.80 Å². The average molecular weight is 1320 g/mol. The molecule has 4 nitrogen and oxygen atoms in total. The van der Waals surface area contributed by atoms with Crippen molar-refractivity contribution in [3.05, 3.63) is 113 Å². The van der Waals surface area contributed by atoms with E-state index in [9.17, 15) is 0 Å². The fraction of sp³-hybridized carbons (Fsp3) is 0.619. The monoisotopic (exact) mass is 1320 g/mol. The molecule has 0 saturated heterocycles. The largest absolute Gasteiger partial charge is 0.306 e. The van der Waals surface area contributed by atoms with E-state index in [1.54, 1.807) is 22.7 Å². The minimum Gasteiger partial charge on any atom is -0.306 e. The molecular formula is C84H120N2O2S4. The number of aryl methyl sites for hydroxylation is 5. The third kappa shape index (κ3) is 22.3. The SMILES string of the molecule is CC#Cc1cc(CCCCCCCCCCCC)c(C#Cc2sc(-c3ccc(C4=C5C(=O)N(CC(C)CCC)C(c6ccc(-c7cc(CCCCCCC)c(C)s7)s6)=C5C(=O)N4CC(C)CCC)s3)cc2CCCCCCC)cc1CCCCCCCCCCCC. The third-order valence-electron chi connectivity index (χ3n) is 19.3. The quantitative estimate of drug-likeness (QED) is 0.0288. The summed E-state index contributed by atoms with van der Waals surface area (Å²) < 4.78 is 0. The van der Waals surface area contributed by atoms with E-state index in [0.29, 0.717) is 24.2 Å². The molecule has 4 aromatic heterocycles. The lowest BCUT2D eigenvalue weighted by Crippen LogP contribution is -2.33. The van der Waals surface area contributed by atoms with Crippen LogP contribution in [0.5, 0.6) is 0 Å². The summed E-state index contributed by atoms with van der Waals surface area (Å²) in [5, 5.41) is 0. The maximum atomic E-state index is 15.6. The molecule has 0 radical (unpaired) electrons. The average Bonchev–Trinajstić information content (AvgIpc) is 1.55. The van der Waals surface area contributed by atoms with E-state index >= 15 is 9.59 Å². The van der Waals surface area contributed by atoms with Crippen molar-refractivity contribution in [2.45, 2.75) is 313 Å². The summed E-state index contributed by atoms with van der Waals surface area (Å²) in [6.45, 7) is 23.6. The van der Waals surface area contributed by atoms with Crippen molar-refractivity contribution in [1.29, 1.82) is 0 Å². The molecule has 1 aromatic carbocycles. The van der Waals surface area contributed by atoms with Gasteiger partial charge in [-0.25, -0.2) is 0 Å². The molecule has 2 aliphatic heterocycles. The molecule has 0 aliphatic carbocycles. The molecule has 5 aromatic rings. The molecule has 0 fully saturated rings. The van der Waals surface area contributed by atoms with E-state index in [1.807, 2.05) is 39.4 Å². The highest BCUT2D eigenvalue weighted by Crippen LogP contribution is 2.51. The number of hydrogen-bond acceptors (Lipinski definition) is 6. The summed E-state index contributed by atoms with van der Waals surface area (Å²) in [5.41, 5.74) is 10.7. The van der Waals surface area contributed by atoms with Gasteiger partial charge in [0.15, 0.2) is 0 Å². The molecule has 0 spiro atoms. The van der Waals surface area contributed by atoms with Crippen molar-refractivity contribution >= 4 is 68.6 Å². The van der Waals surface area contributed by atoms with Crippen LogP contribution in [-0.2, 0) is 35.3 Å². The van der Waals surface area contributed by atoms with Crippen LogP contribution in [0.3, 0.4) is 0 Å². The molecule has 0 saturated carbocycles. The van der Waals surface area contributed by atoms with Crippen molar-refractivity contribution in [1.82, 2.24) is 9.80 Å². The number of rotatable bonds is 46. The summed E-state index contributed by atoms with van der Waals surface area (Å²) >= 11 is 7.21. The first-order valence-electron chi connectivity index (χ1n) is 37.6. The summed E-state index contributed by atoms with van der Waals surface area (Å²) in [6, 6.07) is 18.6. The van der Waals surface area contributed by atoms with Crippen LogP contribution in [0.1, 0.15) is 334 Å². The Hall–Kier alpha value is -4.44. The molecule has 2 amide bonds. The summed E-state index contributed by atoms with van der Waals surface area (Å²) in [6.07, 6.45) is 47.4. The van der Waals surface area contributed by atoms with Crippen molar-refractivity contribution in [2.75, 3.05) is 13.1 Å². The zero-order valence-electron chi connectivity index (χ0n) is 59.4. The number of carbonyl (C=O) groups is 2. The van der Waals surface area contributed by atoms with Crippen molar-refractivity contribution in [2.24, 2.45) is 11.8 Å². The second-order valence-electron chi connectivity index (χ2n) is 27.5. The first-order valence-corrected chi connectivity index (χ1v) is 40.9. The smallest absolute Gasteiger partial charge is 0.261 e. The van der Waals surface area contributed by atoms with E-state index in [0.717, 1.165) is 78.9 Å². The van der Waals surface area contributed by atoms with E-state index in [4.69, 9.17) is 0 Å². The van der Waals surface area contributed by atoms with Crippen LogP contribution in [-0.4, -0.2) is 34.7 Å². The molecule has 2 aliphatic rings. The minimum absolute atomic E-state index is 0.0258. The Labute approximate surface area is 577 Å². The van der Waals surface area contributed by atoms with Gasteiger partial charge in [-0.1, -0.05) is 253 Å². The van der Waals surface area contributed by atoms with Gasteiger partial charge in [0.25, 0.3) is 11.8 Å². The fourth-order valence-electron chi connectivity index (χ4n) is 14.0. The van der Waals surface area contributed by atoms with Gasteiger partial charge >= 0.3 is 0 Å². The van der Waals surface area contributed by atoms with Gasteiger partial charge in [0.2, 0.25) is 0 Å². The van der Waals surface area contributed by atoms with Crippen molar-refractivity contribution in [3.8, 4) is 43.2 Å². The van der Waals surface area contributed by atoms with Gasteiger partial charge in [-0.05, 0) is 161 Å². The lowest BCUT2D eigenvalue weighted by atomic mass is 9.92. The van der Waals surface area contributed by atoms with Gasteiger partial charge in [0.05, 0.1) is 37.2 Å². The molecule has 0 bridgehead atoms. The number of benzene rings is 1. The number of thiophene rings is 4. The fourth-order valence-corrected chi connectivity index (χ4v) is 18.4. The van der Waals surface area contributed by atoms with Crippen molar-refractivity contribution in [3.63, 3.8) is 0 Å². The van der Waals surface area contributed by atoms with Crippen LogP contribution in [0.2, 0.25) is 0 Å². The number of unbranched alkanes of at least 4 members (excludes halogenated alkanes) is 26. The van der Waals surface area contributed by atoms with Crippen LogP contribution in [0, 0.1) is 42.4 Å². The van der Waals surface area contributed by atoms with Gasteiger partial charge in [-0.2, -0.15) is 0 Å². The van der Waals surface area contributed by atoms with E-state index in [1.165, 1.54) is 249 Å². The zero-order valence-corrected chi connectivity index (χ0v) is 62.7. The lowest BCUT2D eigenvalue weighted by Gasteiger charge is -2.27. The van der Waals surface area contributed by atoms with Gasteiger partial charge in [0.1, 0.15) is 0 Å². The molecule has 92 heavy (non-hydrogen) atoms. The minimum atomic E-state index is -0.0258. The number of carbonyl (C=O) groups excluding carboxylic acids is 2. The van der Waals surface area contributed by atoms with E-state index in [-0.39, 0.29) is 23.7 Å². The predicted octanol–water partition coefficient (Wildman–Crippen LogP) is 26.0. The first kappa shape index (κ1) is 74.9. The number of nitrogens with zero attached hydrogens (tertiary/aromatic N) is 2. The maximum absolute atomic E-state index is 15.6. The normalized spacial score (nSPS) is 13.8. The number of hydrogen-bond donors (Lipinski definition) is 0. The Kier molecular flexibility index (Phi) is 33.8. The number of fused-ring (bicyclic) bond motifs is 1. The van der Waals surface area contributed by atoms with Crippen molar-refractivity contribution < 1.29 is 9.59 Å². The summed E-state index contributed by atoms with van der Waals surface area (Å²) in [4.78, 5) is 44.6. The van der Waals surface area contributed by atoms with Crippen LogP contribution >= 0.6 is 45.3 Å². The molecule has 2 atom stereocenters. The van der Waals surface area contributed by atoms with Crippen LogP contribution in [0.15, 0.2) is 59.7 Å². The van der Waals surface area contributed by atoms with Crippen LogP contribution in [0.25, 0.3) is 30.9 Å². The van der Waals surface area contributed by atoms with Gasteiger partial charge in [0, 0.05) is 48.6 Å². The standard InChI is InChI=1S/C84H120N2O2S4/c1-11-18-22-26-28-30-32-34-38-41-48-68-58-70(69(57-67(68)46-17-7)49-42-39-35-33-31-29-27-23-19-12-2)51-52-72-71(50-43-37-25-21-14-4)60-78(90-72)74-54-56-76(92-74)82-80-79(83(87)86(82)62-64(9)45-16-6)81(85(84(80)88)61-63(8)44-15-5)75-55-53-73(91-75)77-59-66(65(10)89-77)47-40-36-24-20-13-3/h53-60,63-64H,11-16,18-45,47-50,61-62H2,1-10H3. The molecule has 502 valence electrons. The molecule has 2 unspecified atom stereocenters. The Morgan fingerprint density at radius 3 is 1.12 bits per heavy atom. The van der Waals surface area contributed by atoms with E-state index in [2.05, 4.69) is 135 Å². The molecule has 7 rings (SSSR count). The molecule has 0 N–H and O–H groups in total. The van der Waals surface area contributed by atoms with Gasteiger partial charge in [-0.15, -0.1) is 51.3 Å². The highest BCUT2D eigenvalue weighted by molar-refractivity contribution is 7.23. The first-order chi connectivity index (χ1) is 45.0. The second kappa shape index (κ2) is 41.5. The Bertz CT molecular complexity index is 3240. The lowest BCUT2D eigenvalue weighted by molar-refractivity contribution is -0.124. The van der Waals surface area contributed by atoms with E-state index < -0.39 is 0 Å². The van der Waals surface area contributed by atoms with Crippen LogP contribution < -0.4 is 0 Å². The summed E-state index contributed by atoms with van der Waals surface area (Å²) in [7, 11) is 0. The summed E-state index contributed by atoms with van der Waals surface area (Å²) in [5.74, 6) is 15.1. The Morgan fingerprint density at radius 2 is 0.717 bits per heavy atom. The van der Waals surface area contributed by atoms with Crippen LogP contribution in [0.4, 0.5) is 0 Å². The molecule has 8 heteroatoms. The molecular weight excluding hydrogens is 1200 g/mol. The maximum Gasteiger partial charge on any atom is 0.261 e. The highest BCUT2D eigenvalue weighted by atomic mass is 32.1. The van der Waals surface area contributed by atoms with Gasteiger partial charge in [-0.3, -0.25) is 9.59 Å². The molecule has 6 heterocycles. The Balaban J connectivity index is 1.24. The number of amides is 2. The Morgan fingerprint density at radius 1 is 0.370 bits per heavy atom. The predicted molar refractivity (Wildman–Crippen MR) is 406 cm³/mol. The highest BCUT2D eigenvalue weighted by Gasteiger charge is 2.50. The topological polar surface area (TPSA) is 40.6 Å².